The Labute approximate surface area is 113 Å². The summed E-state index contributed by atoms with van der Waals surface area (Å²) in [5.74, 6) is -0.226. The number of aromatic nitrogens is 1. The van der Waals surface area contributed by atoms with E-state index in [1.807, 2.05) is 6.07 Å². The van der Waals surface area contributed by atoms with E-state index < -0.39 is 0 Å². The minimum Gasteiger partial charge on any atom is -0.263 e. The number of nitrogens with zero attached hydrogens (tertiary/aromatic N) is 1. The van der Waals surface area contributed by atoms with Crippen LogP contribution in [0.15, 0.2) is 42.7 Å². The molecule has 1 aromatic carbocycles. The highest BCUT2D eigenvalue weighted by Gasteiger charge is 2.10. The number of hydrogen-bond donors (Lipinski definition) is 0. The van der Waals surface area contributed by atoms with Crippen LogP contribution in [0.4, 0.5) is 4.39 Å². The average molecular weight is 315 g/mol. The van der Waals surface area contributed by atoms with E-state index in [9.17, 15) is 4.39 Å². The van der Waals surface area contributed by atoms with Crippen molar-refractivity contribution in [2.75, 3.05) is 0 Å². The Bertz CT molecular complexity index is 501. The minimum absolute atomic E-state index is 0.114. The lowest BCUT2D eigenvalue weighted by atomic mass is 10.1. The minimum atomic E-state index is -0.226. The Balaban J connectivity index is 2.14. The van der Waals surface area contributed by atoms with E-state index in [4.69, 9.17) is 11.6 Å². The smallest absolute Gasteiger partial charge is 0.123 e. The largest absolute Gasteiger partial charge is 0.263 e. The van der Waals surface area contributed by atoms with Crippen molar-refractivity contribution in [1.82, 2.24) is 4.98 Å². The molecule has 88 valence electrons. The fourth-order valence-corrected chi connectivity index (χ4v) is 2.40. The number of pyridine rings is 1. The lowest BCUT2D eigenvalue weighted by Gasteiger charge is -2.11. The molecule has 0 fully saturated rings. The SMILES string of the molecule is Fc1ccc(C(Br)Cc2ccncc2Cl)cc1. The highest BCUT2D eigenvalue weighted by atomic mass is 79.9. The zero-order valence-electron chi connectivity index (χ0n) is 8.91. The Morgan fingerprint density at radius 1 is 1.24 bits per heavy atom. The van der Waals surface area contributed by atoms with Gasteiger partial charge in [0.25, 0.3) is 0 Å². The molecule has 0 radical (unpaired) electrons. The van der Waals surface area contributed by atoms with E-state index in [0.29, 0.717) is 5.02 Å². The van der Waals surface area contributed by atoms with Crippen LogP contribution in [0.5, 0.6) is 0 Å². The van der Waals surface area contributed by atoms with Crippen LogP contribution in [0, 0.1) is 5.82 Å². The van der Waals surface area contributed by atoms with Crippen molar-refractivity contribution < 1.29 is 4.39 Å². The van der Waals surface area contributed by atoms with Gasteiger partial charge >= 0.3 is 0 Å². The fourth-order valence-electron chi connectivity index (χ4n) is 1.55. The first-order valence-electron chi connectivity index (χ1n) is 5.15. The third-order valence-corrected chi connectivity index (χ3v) is 3.68. The maximum atomic E-state index is 12.8. The van der Waals surface area contributed by atoms with Gasteiger partial charge in [0.05, 0.1) is 5.02 Å². The second kappa shape index (κ2) is 5.61. The third-order valence-electron chi connectivity index (χ3n) is 2.49. The molecule has 0 aliphatic carbocycles. The van der Waals surface area contributed by atoms with Crippen LogP contribution in [0.1, 0.15) is 16.0 Å². The van der Waals surface area contributed by atoms with Crippen LogP contribution in [-0.4, -0.2) is 4.98 Å². The summed E-state index contributed by atoms with van der Waals surface area (Å²) >= 11 is 9.62. The van der Waals surface area contributed by atoms with Crippen molar-refractivity contribution in [2.24, 2.45) is 0 Å². The van der Waals surface area contributed by atoms with Gasteiger partial charge < -0.3 is 0 Å². The molecule has 0 saturated heterocycles. The molecule has 1 atom stereocenters. The summed E-state index contributed by atoms with van der Waals surface area (Å²) in [6, 6.07) is 8.34. The van der Waals surface area contributed by atoms with Crippen LogP contribution in [0.2, 0.25) is 5.02 Å². The molecule has 0 amide bonds. The third kappa shape index (κ3) is 3.27. The van der Waals surface area contributed by atoms with Gasteiger partial charge in [0.15, 0.2) is 0 Å². The molecule has 0 bridgehead atoms. The summed E-state index contributed by atoms with van der Waals surface area (Å²) in [5, 5.41) is 0.652. The Morgan fingerprint density at radius 2 is 1.94 bits per heavy atom. The summed E-state index contributed by atoms with van der Waals surface area (Å²) in [6.45, 7) is 0. The zero-order valence-corrected chi connectivity index (χ0v) is 11.2. The van der Waals surface area contributed by atoms with Gasteiger partial charge in [-0.15, -0.1) is 0 Å². The van der Waals surface area contributed by atoms with E-state index in [1.54, 1.807) is 24.5 Å². The summed E-state index contributed by atoms with van der Waals surface area (Å²) in [5.41, 5.74) is 2.05. The molecule has 0 spiro atoms. The summed E-state index contributed by atoms with van der Waals surface area (Å²) < 4.78 is 12.8. The number of alkyl halides is 1. The molecule has 0 saturated carbocycles. The lowest BCUT2D eigenvalue weighted by Crippen LogP contribution is -1.96. The Hall–Kier alpha value is -0.930. The molecular weight excluding hydrogens is 305 g/mol. The molecule has 0 aliphatic rings. The maximum Gasteiger partial charge on any atom is 0.123 e. The Kier molecular flexibility index (Phi) is 4.13. The number of hydrogen-bond acceptors (Lipinski definition) is 1. The van der Waals surface area contributed by atoms with Gasteiger partial charge in [-0.1, -0.05) is 39.7 Å². The van der Waals surface area contributed by atoms with Crippen molar-refractivity contribution in [1.29, 1.82) is 0 Å². The monoisotopic (exact) mass is 313 g/mol. The highest BCUT2D eigenvalue weighted by Crippen LogP contribution is 2.29. The molecule has 0 aliphatic heterocycles. The van der Waals surface area contributed by atoms with Crippen LogP contribution in [0.3, 0.4) is 0 Å². The number of halogens is 3. The quantitative estimate of drug-likeness (QED) is 0.757. The van der Waals surface area contributed by atoms with Crippen LogP contribution in [0.25, 0.3) is 0 Å². The van der Waals surface area contributed by atoms with Crippen molar-refractivity contribution >= 4 is 27.5 Å². The molecule has 1 heterocycles. The van der Waals surface area contributed by atoms with E-state index >= 15 is 0 Å². The topological polar surface area (TPSA) is 12.9 Å². The van der Waals surface area contributed by atoms with Crippen molar-refractivity contribution in [3.8, 4) is 0 Å². The number of benzene rings is 1. The maximum absolute atomic E-state index is 12.8. The van der Waals surface area contributed by atoms with Gasteiger partial charge in [0, 0.05) is 17.2 Å². The zero-order chi connectivity index (χ0) is 12.3. The second-order valence-electron chi connectivity index (χ2n) is 3.69. The van der Waals surface area contributed by atoms with Gasteiger partial charge in [-0.2, -0.15) is 0 Å². The molecule has 1 aromatic heterocycles. The van der Waals surface area contributed by atoms with Gasteiger partial charge in [0.2, 0.25) is 0 Å². The van der Waals surface area contributed by atoms with Gasteiger partial charge in [-0.25, -0.2) is 4.39 Å². The first-order chi connectivity index (χ1) is 8.16. The standard InChI is InChI=1S/C13H10BrClFN/c14-12(9-1-3-11(16)4-2-9)7-10-5-6-17-8-13(10)15/h1-6,8,12H,7H2. The molecule has 1 unspecified atom stereocenters. The second-order valence-corrected chi connectivity index (χ2v) is 5.20. The first-order valence-corrected chi connectivity index (χ1v) is 6.44. The Morgan fingerprint density at radius 3 is 2.59 bits per heavy atom. The predicted octanol–water partition coefficient (Wildman–Crippen LogP) is 4.55. The van der Waals surface area contributed by atoms with E-state index in [-0.39, 0.29) is 10.6 Å². The van der Waals surface area contributed by atoms with E-state index in [1.165, 1.54) is 12.1 Å². The molecular formula is C13H10BrClFN. The average Bonchev–Trinajstić information content (AvgIpc) is 2.33. The molecule has 2 aromatic rings. The predicted molar refractivity (Wildman–Crippen MR) is 71.0 cm³/mol. The van der Waals surface area contributed by atoms with Crippen molar-refractivity contribution in [3.63, 3.8) is 0 Å². The van der Waals surface area contributed by atoms with Gasteiger partial charge in [-0.3, -0.25) is 4.98 Å². The molecule has 4 heteroatoms. The van der Waals surface area contributed by atoms with Crippen LogP contribution in [-0.2, 0) is 6.42 Å². The summed E-state index contributed by atoms with van der Waals surface area (Å²) in [4.78, 5) is 4.05. The molecule has 0 N–H and O–H groups in total. The molecule has 17 heavy (non-hydrogen) atoms. The fraction of sp³-hybridized carbons (Fsp3) is 0.154. The first kappa shape index (κ1) is 12.5. The lowest BCUT2D eigenvalue weighted by molar-refractivity contribution is 0.627. The van der Waals surface area contributed by atoms with E-state index in [0.717, 1.165) is 17.5 Å². The van der Waals surface area contributed by atoms with E-state index in [2.05, 4.69) is 20.9 Å². The molecule has 2 rings (SSSR count). The van der Waals surface area contributed by atoms with Gasteiger partial charge in [-0.05, 0) is 35.7 Å². The highest BCUT2D eigenvalue weighted by molar-refractivity contribution is 9.09. The molecule has 1 nitrogen and oxygen atoms in total. The summed E-state index contributed by atoms with van der Waals surface area (Å²) in [7, 11) is 0. The van der Waals surface area contributed by atoms with Gasteiger partial charge in [0.1, 0.15) is 5.82 Å². The van der Waals surface area contributed by atoms with Crippen LogP contribution >= 0.6 is 27.5 Å². The van der Waals surface area contributed by atoms with Crippen molar-refractivity contribution in [3.05, 3.63) is 64.7 Å². The normalized spacial score (nSPS) is 12.4. The number of rotatable bonds is 3. The van der Waals surface area contributed by atoms with Crippen molar-refractivity contribution in [2.45, 2.75) is 11.2 Å². The van der Waals surface area contributed by atoms with Crippen LogP contribution < -0.4 is 0 Å². The summed E-state index contributed by atoms with van der Waals surface area (Å²) in [6.07, 6.45) is 4.08.